The van der Waals surface area contributed by atoms with Gasteiger partial charge in [0, 0.05) is 6.20 Å². The van der Waals surface area contributed by atoms with Gasteiger partial charge < -0.3 is 9.97 Å². The Hall–Kier alpha value is -2.83. The molecule has 0 saturated carbocycles. The molecule has 7 heteroatoms. The van der Waals surface area contributed by atoms with Crippen molar-refractivity contribution in [2.45, 2.75) is 0 Å². The predicted molar refractivity (Wildman–Crippen MR) is 64.6 cm³/mol. The lowest BCUT2D eigenvalue weighted by Crippen LogP contribution is -1.90. The third-order valence-electron chi connectivity index (χ3n) is 2.67. The largest absolute Gasteiger partial charge is 0.342 e. The van der Waals surface area contributed by atoms with Crippen molar-refractivity contribution in [3.8, 4) is 11.6 Å². The standard InChI is InChI=1S/C11H7N7/c1-2-12-3-7-6(1)16-11(17-7)10-13-4-8-9(18-10)15-5-14-8/h1-5H,(H,16,17)(H,13,14,15,18). The van der Waals surface area contributed by atoms with Crippen molar-refractivity contribution in [3.05, 3.63) is 31.0 Å². The Morgan fingerprint density at radius 3 is 2.94 bits per heavy atom. The van der Waals surface area contributed by atoms with Gasteiger partial charge in [-0.1, -0.05) is 0 Å². The maximum absolute atomic E-state index is 4.39. The summed E-state index contributed by atoms with van der Waals surface area (Å²) in [6.07, 6.45) is 6.69. The van der Waals surface area contributed by atoms with E-state index in [4.69, 9.17) is 0 Å². The summed E-state index contributed by atoms with van der Waals surface area (Å²) in [4.78, 5) is 27.2. The summed E-state index contributed by atoms with van der Waals surface area (Å²) >= 11 is 0. The van der Waals surface area contributed by atoms with E-state index in [-0.39, 0.29) is 0 Å². The second kappa shape index (κ2) is 3.33. The fraction of sp³-hybridized carbons (Fsp3) is 0. The number of aromatic nitrogens is 7. The normalized spacial score (nSPS) is 11.3. The predicted octanol–water partition coefficient (Wildman–Crippen LogP) is 1.29. The topological polar surface area (TPSA) is 96.0 Å². The molecule has 0 fully saturated rings. The highest BCUT2D eigenvalue weighted by Crippen LogP contribution is 2.17. The van der Waals surface area contributed by atoms with Crippen LogP contribution in [0.3, 0.4) is 0 Å². The van der Waals surface area contributed by atoms with Gasteiger partial charge in [-0.05, 0) is 6.07 Å². The summed E-state index contributed by atoms with van der Waals surface area (Å²) in [6, 6.07) is 1.86. The van der Waals surface area contributed by atoms with E-state index in [1.54, 1.807) is 24.9 Å². The van der Waals surface area contributed by atoms with E-state index in [9.17, 15) is 0 Å². The molecule has 0 aliphatic rings. The second-order valence-electron chi connectivity index (χ2n) is 3.81. The summed E-state index contributed by atoms with van der Waals surface area (Å²) in [5.41, 5.74) is 3.12. The molecule has 86 valence electrons. The Balaban J connectivity index is 1.94. The molecule has 0 radical (unpaired) electrons. The minimum Gasteiger partial charge on any atom is -0.342 e. The molecule has 0 spiro atoms. The Kier molecular flexibility index (Phi) is 1.71. The molecule has 0 atom stereocenters. The number of imidazole rings is 2. The maximum atomic E-state index is 4.39. The zero-order chi connectivity index (χ0) is 11.9. The number of aromatic amines is 2. The lowest BCUT2D eigenvalue weighted by Gasteiger charge is -1.93. The van der Waals surface area contributed by atoms with Gasteiger partial charge in [0.2, 0.25) is 0 Å². The maximum Gasteiger partial charge on any atom is 0.197 e. The molecule has 7 nitrogen and oxygen atoms in total. The molecule has 0 unspecified atom stereocenters. The van der Waals surface area contributed by atoms with Crippen LogP contribution in [-0.2, 0) is 0 Å². The van der Waals surface area contributed by atoms with Crippen LogP contribution in [0.2, 0.25) is 0 Å². The number of pyridine rings is 1. The molecule has 0 bridgehead atoms. The van der Waals surface area contributed by atoms with Crippen molar-refractivity contribution in [1.82, 2.24) is 34.9 Å². The molecule has 4 aromatic rings. The first-order valence-electron chi connectivity index (χ1n) is 5.36. The highest BCUT2D eigenvalue weighted by Gasteiger charge is 2.09. The first kappa shape index (κ1) is 9.23. The van der Waals surface area contributed by atoms with Crippen LogP contribution in [0.5, 0.6) is 0 Å². The number of fused-ring (bicyclic) bond motifs is 2. The van der Waals surface area contributed by atoms with Crippen molar-refractivity contribution in [2.75, 3.05) is 0 Å². The molecule has 4 heterocycles. The number of hydrogen-bond donors (Lipinski definition) is 2. The van der Waals surface area contributed by atoms with Gasteiger partial charge in [-0.2, -0.15) is 0 Å². The molecule has 2 N–H and O–H groups in total. The summed E-state index contributed by atoms with van der Waals surface area (Å²) in [5, 5.41) is 0. The average molecular weight is 237 g/mol. The second-order valence-corrected chi connectivity index (χ2v) is 3.81. The lowest BCUT2D eigenvalue weighted by atomic mass is 10.4. The van der Waals surface area contributed by atoms with Crippen LogP contribution in [0.15, 0.2) is 31.0 Å². The average Bonchev–Trinajstić information content (AvgIpc) is 3.04. The van der Waals surface area contributed by atoms with Crippen LogP contribution in [-0.4, -0.2) is 34.9 Å². The van der Waals surface area contributed by atoms with E-state index in [2.05, 4.69) is 34.9 Å². The number of nitrogens with one attached hydrogen (secondary N) is 2. The Bertz CT molecular complexity index is 811. The van der Waals surface area contributed by atoms with Crippen molar-refractivity contribution in [3.63, 3.8) is 0 Å². The number of H-pyrrole nitrogens is 2. The van der Waals surface area contributed by atoms with Gasteiger partial charge in [0.1, 0.15) is 11.0 Å². The van der Waals surface area contributed by atoms with Gasteiger partial charge in [-0.3, -0.25) is 4.98 Å². The zero-order valence-electron chi connectivity index (χ0n) is 9.12. The van der Waals surface area contributed by atoms with E-state index >= 15 is 0 Å². The van der Waals surface area contributed by atoms with Crippen LogP contribution >= 0.6 is 0 Å². The number of hydrogen-bond acceptors (Lipinski definition) is 5. The van der Waals surface area contributed by atoms with Crippen molar-refractivity contribution in [1.29, 1.82) is 0 Å². The highest BCUT2D eigenvalue weighted by atomic mass is 15.1. The fourth-order valence-corrected chi connectivity index (χ4v) is 1.81. The quantitative estimate of drug-likeness (QED) is 0.520. The van der Waals surface area contributed by atoms with Crippen LogP contribution in [0, 0.1) is 0 Å². The molecule has 18 heavy (non-hydrogen) atoms. The van der Waals surface area contributed by atoms with Crippen LogP contribution < -0.4 is 0 Å². The van der Waals surface area contributed by atoms with Crippen LogP contribution in [0.1, 0.15) is 0 Å². The Labute approximate surface area is 100 Å². The molecule has 4 aromatic heterocycles. The Morgan fingerprint density at radius 1 is 1.00 bits per heavy atom. The summed E-state index contributed by atoms with van der Waals surface area (Å²) in [7, 11) is 0. The van der Waals surface area contributed by atoms with Crippen LogP contribution in [0.25, 0.3) is 33.8 Å². The SMILES string of the molecule is c1cc2[nH]c(-c3ncc4[nH]cnc4n3)nc2cn1. The van der Waals surface area contributed by atoms with Gasteiger partial charge in [-0.25, -0.2) is 19.9 Å². The van der Waals surface area contributed by atoms with E-state index in [1.807, 2.05) is 6.07 Å². The third-order valence-corrected chi connectivity index (χ3v) is 2.67. The fourth-order valence-electron chi connectivity index (χ4n) is 1.81. The van der Waals surface area contributed by atoms with E-state index in [0.29, 0.717) is 17.3 Å². The number of rotatable bonds is 1. The minimum absolute atomic E-state index is 0.519. The van der Waals surface area contributed by atoms with Gasteiger partial charge in [0.25, 0.3) is 0 Å². The summed E-state index contributed by atoms with van der Waals surface area (Å²) < 4.78 is 0. The highest BCUT2D eigenvalue weighted by molar-refractivity contribution is 5.78. The zero-order valence-corrected chi connectivity index (χ0v) is 9.12. The number of nitrogens with zero attached hydrogens (tertiary/aromatic N) is 5. The van der Waals surface area contributed by atoms with Crippen molar-refractivity contribution < 1.29 is 0 Å². The van der Waals surface area contributed by atoms with Gasteiger partial charge in [-0.15, -0.1) is 0 Å². The molecular formula is C11H7N7. The monoisotopic (exact) mass is 237 g/mol. The Morgan fingerprint density at radius 2 is 2.00 bits per heavy atom. The first-order valence-corrected chi connectivity index (χ1v) is 5.36. The smallest absolute Gasteiger partial charge is 0.197 e. The van der Waals surface area contributed by atoms with Crippen molar-refractivity contribution in [2.24, 2.45) is 0 Å². The molecule has 0 aliphatic heterocycles. The van der Waals surface area contributed by atoms with Gasteiger partial charge in [0.05, 0.1) is 24.2 Å². The molecule has 0 aromatic carbocycles. The van der Waals surface area contributed by atoms with E-state index in [0.717, 1.165) is 16.6 Å². The summed E-state index contributed by atoms with van der Waals surface area (Å²) in [5.74, 6) is 1.13. The molecule has 4 rings (SSSR count). The molecule has 0 aliphatic carbocycles. The minimum atomic E-state index is 0.519. The van der Waals surface area contributed by atoms with E-state index in [1.165, 1.54) is 0 Å². The first-order chi connectivity index (χ1) is 8.90. The lowest BCUT2D eigenvalue weighted by molar-refractivity contribution is 1.15. The van der Waals surface area contributed by atoms with Crippen molar-refractivity contribution >= 4 is 22.2 Å². The van der Waals surface area contributed by atoms with Crippen LogP contribution in [0.4, 0.5) is 0 Å². The summed E-state index contributed by atoms with van der Waals surface area (Å²) in [6.45, 7) is 0. The third kappa shape index (κ3) is 1.27. The van der Waals surface area contributed by atoms with Gasteiger partial charge in [0.15, 0.2) is 17.3 Å². The molecule has 0 saturated heterocycles. The van der Waals surface area contributed by atoms with E-state index < -0.39 is 0 Å². The van der Waals surface area contributed by atoms with Gasteiger partial charge >= 0.3 is 0 Å². The molecular weight excluding hydrogens is 230 g/mol. The molecule has 0 amide bonds.